The zero-order chi connectivity index (χ0) is 17.7. The lowest BCUT2D eigenvalue weighted by Crippen LogP contribution is -2.39. The fraction of sp³-hybridized carbons (Fsp3) is 0.500. The van der Waals surface area contributed by atoms with Gasteiger partial charge in [-0.3, -0.25) is 0 Å². The Morgan fingerprint density at radius 2 is 1.92 bits per heavy atom. The number of piperidine rings is 1. The first kappa shape index (κ1) is 18.4. The first-order valence-electron chi connectivity index (χ1n) is 7.91. The van der Waals surface area contributed by atoms with Crippen LogP contribution < -0.4 is 4.90 Å². The third-order valence-electron chi connectivity index (χ3n) is 4.50. The molecule has 5 nitrogen and oxygen atoms in total. The van der Waals surface area contributed by atoms with Gasteiger partial charge in [0.2, 0.25) is 0 Å². The molecule has 0 unspecified atom stereocenters. The van der Waals surface area contributed by atoms with Crippen molar-refractivity contribution in [2.45, 2.75) is 19.1 Å². The first-order valence-corrected chi connectivity index (χ1v) is 7.91. The highest BCUT2D eigenvalue weighted by atomic mass is 19.1. The van der Waals surface area contributed by atoms with E-state index in [1.54, 1.807) is 26.4 Å². The summed E-state index contributed by atoms with van der Waals surface area (Å²) >= 11 is 0. The van der Waals surface area contributed by atoms with Crippen molar-refractivity contribution in [1.82, 2.24) is 0 Å². The molecule has 24 heavy (non-hydrogen) atoms. The minimum absolute atomic E-state index is 0.174. The van der Waals surface area contributed by atoms with Gasteiger partial charge in [0.1, 0.15) is 0 Å². The zero-order valence-electron chi connectivity index (χ0n) is 14.4. The Morgan fingerprint density at radius 3 is 2.42 bits per heavy atom. The number of halogens is 1. The van der Waals surface area contributed by atoms with E-state index in [-0.39, 0.29) is 23.3 Å². The van der Waals surface area contributed by atoms with E-state index in [4.69, 9.17) is 9.47 Å². The second-order valence-electron chi connectivity index (χ2n) is 5.72. The van der Waals surface area contributed by atoms with E-state index in [2.05, 4.69) is 11.3 Å². The average Bonchev–Trinajstić information content (AvgIpc) is 2.62. The molecule has 1 aliphatic heterocycles. The van der Waals surface area contributed by atoms with Gasteiger partial charge in [0.25, 0.3) is 0 Å². The van der Waals surface area contributed by atoms with Gasteiger partial charge >= 0.3 is 5.97 Å². The fourth-order valence-corrected chi connectivity index (χ4v) is 3.21. The number of rotatable bonds is 6. The number of nitrogens with zero attached hydrogens (tertiary/aromatic N) is 1. The topological polar surface area (TPSA) is 48.0 Å². The number of hydrogen-bond acceptors (Lipinski definition) is 5. The highest BCUT2D eigenvalue weighted by molar-refractivity contribution is 5.94. The van der Waals surface area contributed by atoms with Crippen LogP contribution in [0.25, 0.3) is 6.08 Å². The van der Waals surface area contributed by atoms with Gasteiger partial charge < -0.3 is 19.1 Å². The van der Waals surface area contributed by atoms with Gasteiger partial charge in [-0.25, -0.2) is 9.18 Å². The number of esters is 1. The van der Waals surface area contributed by atoms with Crippen LogP contribution in [-0.4, -0.2) is 46.7 Å². The van der Waals surface area contributed by atoms with Gasteiger partial charge in [-0.05, 0) is 25.0 Å². The van der Waals surface area contributed by atoms with E-state index in [0.717, 1.165) is 12.8 Å². The maximum Gasteiger partial charge on any atom is 0.338 e. The van der Waals surface area contributed by atoms with Crippen molar-refractivity contribution in [2.24, 2.45) is 5.92 Å². The van der Waals surface area contributed by atoms with Crippen LogP contribution in [0.4, 0.5) is 10.1 Å². The number of carbonyl (C=O) groups is 1. The van der Waals surface area contributed by atoms with Crippen molar-refractivity contribution in [3.8, 4) is 0 Å². The highest BCUT2D eigenvalue weighted by Crippen LogP contribution is 2.31. The predicted octanol–water partition coefficient (Wildman–Crippen LogP) is 3.09. The second-order valence-corrected chi connectivity index (χ2v) is 5.72. The molecule has 0 saturated carbocycles. The number of benzene rings is 1. The van der Waals surface area contributed by atoms with Crippen LogP contribution in [0.5, 0.6) is 0 Å². The van der Waals surface area contributed by atoms with Crippen LogP contribution in [-0.2, 0) is 14.2 Å². The summed E-state index contributed by atoms with van der Waals surface area (Å²) < 4.78 is 30.2. The van der Waals surface area contributed by atoms with Gasteiger partial charge in [-0.2, -0.15) is 0 Å². The normalized spacial score (nSPS) is 15.6. The van der Waals surface area contributed by atoms with Gasteiger partial charge in [-0.15, -0.1) is 0 Å². The van der Waals surface area contributed by atoms with Crippen LogP contribution in [0.15, 0.2) is 18.7 Å². The van der Waals surface area contributed by atoms with Gasteiger partial charge in [0.05, 0.1) is 18.4 Å². The van der Waals surface area contributed by atoms with Crippen molar-refractivity contribution in [3.63, 3.8) is 0 Å². The van der Waals surface area contributed by atoms with Gasteiger partial charge in [-0.1, -0.05) is 12.7 Å². The first-order chi connectivity index (χ1) is 11.6. The molecule has 0 spiro atoms. The SMILES string of the molecule is C=Cc1c(C(=O)OC)ccc(N2CCC(C(OC)OC)CC2)c1F. The van der Waals surface area contributed by atoms with Crippen molar-refractivity contribution in [3.05, 3.63) is 35.7 Å². The highest BCUT2D eigenvalue weighted by Gasteiger charge is 2.28. The number of ether oxygens (including phenoxy) is 3. The summed E-state index contributed by atoms with van der Waals surface area (Å²) in [5, 5.41) is 0. The lowest BCUT2D eigenvalue weighted by Gasteiger charge is -2.36. The van der Waals surface area contributed by atoms with Crippen LogP contribution in [0.3, 0.4) is 0 Å². The Hall–Kier alpha value is -1.92. The third-order valence-corrected chi connectivity index (χ3v) is 4.50. The summed E-state index contributed by atoms with van der Waals surface area (Å²) in [5.41, 5.74) is 0.831. The molecule has 0 aromatic heterocycles. The molecule has 1 heterocycles. The number of anilines is 1. The summed E-state index contributed by atoms with van der Waals surface area (Å²) in [6.07, 6.45) is 2.80. The maximum absolute atomic E-state index is 14.8. The van der Waals surface area contributed by atoms with Crippen molar-refractivity contribution in [2.75, 3.05) is 39.3 Å². The maximum atomic E-state index is 14.8. The van der Waals surface area contributed by atoms with E-state index in [1.807, 2.05) is 4.90 Å². The van der Waals surface area contributed by atoms with E-state index < -0.39 is 11.8 Å². The molecular formula is C18H24FNO4. The average molecular weight is 337 g/mol. The predicted molar refractivity (Wildman–Crippen MR) is 90.6 cm³/mol. The van der Waals surface area contributed by atoms with Crippen molar-refractivity contribution in [1.29, 1.82) is 0 Å². The molecule has 0 atom stereocenters. The molecule has 0 radical (unpaired) electrons. The molecule has 1 aromatic carbocycles. The van der Waals surface area contributed by atoms with Gasteiger partial charge in [0, 0.05) is 38.8 Å². The van der Waals surface area contributed by atoms with Crippen LogP contribution in [0.1, 0.15) is 28.8 Å². The summed E-state index contributed by atoms with van der Waals surface area (Å²) in [4.78, 5) is 13.7. The molecule has 1 saturated heterocycles. The fourth-order valence-electron chi connectivity index (χ4n) is 3.21. The Bertz CT molecular complexity index is 593. The Morgan fingerprint density at radius 1 is 1.29 bits per heavy atom. The second kappa shape index (κ2) is 8.26. The number of carbonyl (C=O) groups excluding carboxylic acids is 1. The van der Waals surface area contributed by atoms with Crippen LogP contribution >= 0.6 is 0 Å². The Balaban J connectivity index is 2.19. The van der Waals surface area contributed by atoms with E-state index in [0.29, 0.717) is 18.8 Å². The molecular weight excluding hydrogens is 313 g/mol. The molecule has 0 amide bonds. The monoisotopic (exact) mass is 337 g/mol. The number of hydrogen-bond donors (Lipinski definition) is 0. The molecule has 1 aliphatic rings. The van der Waals surface area contributed by atoms with Crippen molar-refractivity contribution < 1.29 is 23.4 Å². The molecule has 6 heteroatoms. The van der Waals surface area contributed by atoms with E-state index in [9.17, 15) is 9.18 Å². The summed E-state index contributed by atoms with van der Waals surface area (Å²) in [6, 6.07) is 3.21. The number of methoxy groups -OCH3 is 3. The molecule has 0 N–H and O–H groups in total. The van der Waals surface area contributed by atoms with Crippen molar-refractivity contribution >= 4 is 17.7 Å². The summed E-state index contributed by atoms with van der Waals surface area (Å²) in [6.45, 7) is 5.00. The van der Waals surface area contributed by atoms with Crippen LogP contribution in [0.2, 0.25) is 0 Å². The summed E-state index contributed by atoms with van der Waals surface area (Å²) in [5.74, 6) is -0.731. The summed E-state index contributed by atoms with van der Waals surface area (Å²) in [7, 11) is 4.53. The molecule has 1 aromatic rings. The molecule has 0 bridgehead atoms. The molecule has 132 valence electrons. The van der Waals surface area contributed by atoms with Gasteiger partial charge in [0.15, 0.2) is 12.1 Å². The minimum atomic E-state index is -0.572. The Labute approximate surface area is 142 Å². The quantitative estimate of drug-likeness (QED) is 0.590. The van der Waals surface area contributed by atoms with E-state index >= 15 is 0 Å². The smallest absolute Gasteiger partial charge is 0.338 e. The standard InChI is InChI=1S/C18H24FNO4/c1-5-13-14(17(21)22-2)6-7-15(16(13)19)20-10-8-12(9-11-20)18(23-3)24-4/h5-7,12,18H,1,8-11H2,2-4H3. The van der Waals surface area contributed by atoms with Crippen LogP contribution in [0, 0.1) is 11.7 Å². The zero-order valence-corrected chi connectivity index (χ0v) is 14.4. The largest absolute Gasteiger partial charge is 0.465 e. The van der Waals surface area contributed by atoms with E-state index in [1.165, 1.54) is 13.2 Å². The molecule has 1 fully saturated rings. The molecule has 2 rings (SSSR count). The third kappa shape index (κ3) is 3.60. The lowest BCUT2D eigenvalue weighted by atomic mass is 9.95. The lowest BCUT2D eigenvalue weighted by molar-refractivity contribution is -0.141. The molecule has 0 aliphatic carbocycles. The Kier molecular flexibility index (Phi) is 6.34. The minimum Gasteiger partial charge on any atom is -0.465 e.